The maximum Gasteiger partial charge on any atom is 0.269 e. The Kier molecular flexibility index (Phi) is 7.59. The average Bonchev–Trinajstić information content (AvgIpc) is 3.20. The molecule has 172 valence electrons. The molecule has 33 heavy (non-hydrogen) atoms. The van der Waals surface area contributed by atoms with Crippen molar-refractivity contribution in [2.24, 2.45) is 5.10 Å². The molecule has 1 amide bonds. The van der Waals surface area contributed by atoms with Crippen LogP contribution in [0.25, 0.3) is 11.4 Å². The first kappa shape index (κ1) is 24.1. The molecule has 0 saturated carbocycles. The number of carbonyl (C=O) groups is 1. The number of benzene rings is 2. The van der Waals surface area contributed by atoms with Crippen molar-refractivity contribution < 1.29 is 9.72 Å². The summed E-state index contributed by atoms with van der Waals surface area (Å²) >= 11 is 1.28. The number of aromatic nitrogens is 3. The molecule has 3 aromatic rings. The third kappa shape index (κ3) is 6.26. The number of thioether (sulfide) groups is 1. The largest absolute Gasteiger partial charge is 0.302 e. The number of amides is 1. The van der Waals surface area contributed by atoms with Gasteiger partial charge in [0.25, 0.3) is 11.6 Å². The van der Waals surface area contributed by atoms with Crippen molar-refractivity contribution in [1.29, 1.82) is 0 Å². The molecular weight excluding hydrogens is 440 g/mol. The molecule has 0 aliphatic rings. The third-order valence-electron chi connectivity index (χ3n) is 4.88. The lowest BCUT2D eigenvalue weighted by Gasteiger charge is -2.19. The summed E-state index contributed by atoms with van der Waals surface area (Å²) in [5.74, 6) is 0.593. The Hall–Kier alpha value is -3.53. The van der Waals surface area contributed by atoms with Crippen molar-refractivity contribution in [3.05, 3.63) is 69.8 Å². The Morgan fingerprint density at radius 3 is 2.39 bits per heavy atom. The monoisotopic (exact) mass is 466 g/mol. The highest BCUT2D eigenvalue weighted by Gasteiger charge is 2.17. The molecule has 0 aliphatic carbocycles. The second kappa shape index (κ2) is 10.4. The van der Waals surface area contributed by atoms with Gasteiger partial charge >= 0.3 is 0 Å². The summed E-state index contributed by atoms with van der Waals surface area (Å²) in [6.45, 7) is 9.20. The third-order valence-corrected chi connectivity index (χ3v) is 5.85. The van der Waals surface area contributed by atoms with Crippen molar-refractivity contribution in [3.63, 3.8) is 0 Å². The van der Waals surface area contributed by atoms with Crippen LogP contribution >= 0.6 is 11.8 Å². The summed E-state index contributed by atoms with van der Waals surface area (Å²) < 4.78 is 1.98. The summed E-state index contributed by atoms with van der Waals surface area (Å²) in [6.07, 6.45) is 1.43. The number of hydrogen-bond acceptors (Lipinski definition) is 7. The van der Waals surface area contributed by atoms with Gasteiger partial charge < -0.3 is 4.57 Å². The highest BCUT2D eigenvalue weighted by molar-refractivity contribution is 7.99. The molecule has 0 radical (unpaired) electrons. The van der Waals surface area contributed by atoms with Gasteiger partial charge in [-0.05, 0) is 35.6 Å². The standard InChI is InChI=1S/C23H26N6O3S/c1-5-28-21(17-8-10-18(11-9-17)23(2,3)4)26-27-22(28)33-15-20(30)25-24-14-16-6-12-19(13-7-16)29(31)32/h6-14H,5,15H2,1-4H3,(H,25,30). The Morgan fingerprint density at radius 2 is 1.82 bits per heavy atom. The fraction of sp³-hybridized carbons (Fsp3) is 0.304. The number of hydrazone groups is 1. The maximum atomic E-state index is 12.2. The van der Waals surface area contributed by atoms with Gasteiger partial charge in [0.2, 0.25) is 0 Å². The predicted octanol–water partition coefficient (Wildman–Crippen LogP) is 4.41. The second-order valence-corrected chi connectivity index (χ2v) is 9.25. The van der Waals surface area contributed by atoms with Crippen LogP contribution in [0.15, 0.2) is 58.8 Å². The minimum absolute atomic E-state index is 0.00265. The van der Waals surface area contributed by atoms with Crippen LogP contribution in [0.3, 0.4) is 0 Å². The van der Waals surface area contributed by atoms with Crippen LogP contribution in [0.5, 0.6) is 0 Å². The molecule has 10 heteroatoms. The molecule has 0 spiro atoms. The zero-order valence-corrected chi connectivity index (χ0v) is 19.8. The van der Waals surface area contributed by atoms with E-state index in [1.165, 1.54) is 35.7 Å². The molecule has 1 N–H and O–H groups in total. The van der Waals surface area contributed by atoms with E-state index in [1.807, 2.05) is 23.6 Å². The van der Waals surface area contributed by atoms with E-state index in [0.717, 1.165) is 11.4 Å². The summed E-state index contributed by atoms with van der Waals surface area (Å²) in [4.78, 5) is 22.4. The molecule has 0 aliphatic heterocycles. The molecule has 2 aromatic carbocycles. The number of nitro groups is 1. The number of carbonyl (C=O) groups excluding carboxylic acids is 1. The highest BCUT2D eigenvalue weighted by Crippen LogP contribution is 2.27. The molecule has 0 unspecified atom stereocenters. The zero-order chi connectivity index (χ0) is 24.0. The lowest BCUT2D eigenvalue weighted by atomic mass is 9.87. The van der Waals surface area contributed by atoms with Crippen LogP contribution in [0, 0.1) is 10.1 Å². The van der Waals surface area contributed by atoms with Crippen molar-refractivity contribution in [2.75, 3.05) is 5.75 Å². The van der Waals surface area contributed by atoms with Crippen LogP contribution in [0.2, 0.25) is 0 Å². The first-order chi connectivity index (χ1) is 15.7. The smallest absolute Gasteiger partial charge is 0.269 e. The normalized spacial score (nSPS) is 11.6. The van der Waals surface area contributed by atoms with Gasteiger partial charge in [-0.25, -0.2) is 5.43 Å². The first-order valence-electron chi connectivity index (χ1n) is 10.4. The van der Waals surface area contributed by atoms with E-state index < -0.39 is 4.92 Å². The van der Waals surface area contributed by atoms with Gasteiger partial charge in [-0.1, -0.05) is 56.8 Å². The van der Waals surface area contributed by atoms with E-state index >= 15 is 0 Å². The fourth-order valence-electron chi connectivity index (χ4n) is 3.04. The lowest BCUT2D eigenvalue weighted by molar-refractivity contribution is -0.384. The van der Waals surface area contributed by atoms with Crippen LogP contribution < -0.4 is 5.43 Å². The van der Waals surface area contributed by atoms with Crippen LogP contribution in [-0.2, 0) is 16.8 Å². The highest BCUT2D eigenvalue weighted by atomic mass is 32.2. The van der Waals surface area contributed by atoms with Crippen molar-refractivity contribution in [2.45, 2.75) is 44.8 Å². The molecule has 1 aromatic heterocycles. The molecule has 3 rings (SSSR count). The number of nitrogens with zero attached hydrogens (tertiary/aromatic N) is 5. The Bertz CT molecular complexity index is 1150. The van der Waals surface area contributed by atoms with E-state index in [-0.39, 0.29) is 22.8 Å². The molecule has 0 saturated heterocycles. The Labute approximate surface area is 196 Å². The summed E-state index contributed by atoms with van der Waals surface area (Å²) in [5, 5.41) is 23.8. The molecule has 0 bridgehead atoms. The number of rotatable bonds is 8. The van der Waals surface area contributed by atoms with Gasteiger partial charge in [0, 0.05) is 24.2 Å². The maximum absolute atomic E-state index is 12.2. The number of nitro benzene ring substituents is 1. The minimum Gasteiger partial charge on any atom is -0.302 e. The van der Waals surface area contributed by atoms with Crippen LogP contribution in [0.1, 0.15) is 38.8 Å². The summed E-state index contributed by atoms with van der Waals surface area (Å²) in [7, 11) is 0. The summed E-state index contributed by atoms with van der Waals surface area (Å²) in [6, 6.07) is 14.2. The van der Waals surface area contributed by atoms with E-state index in [9.17, 15) is 14.9 Å². The van der Waals surface area contributed by atoms with E-state index in [2.05, 4.69) is 53.6 Å². The van der Waals surface area contributed by atoms with E-state index in [4.69, 9.17) is 0 Å². The fourth-order valence-corrected chi connectivity index (χ4v) is 3.83. The van der Waals surface area contributed by atoms with Crippen molar-refractivity contribution in [3.8, 4) is 11.4 Å². The van der Waals surface area contributed by atoms with Gasteiger partial charge in [0.15, 0.2) is 11.0 Å². The Morgan fingerprint density at radius 1 is 1.15 bits per heavy atom. The minimum atomic E-state index is -0.471. The summed E-state index contributed by atoms with van der Waals surface area (Å²) in [5.41, 5.74) is 5.38. The number of hydrogen-bond donors (Lipinski definition) is 1. The van der Waals surface area contributed by atoms with Crippen LogP contribution in [-0.4, -0.2) is 37.6 Å². The Balaban J connectivity index is 1.59. The van der Waals surface area contributed by atoms with Gasteiger partial charge in [0.05, 0.1) is 16.9 Å². The van der Waals surface area contributed by atoms with Crippen molar-refractivity contribution >= 4 is 29.6 Å². The quantitative estimate of drug-likeness (QED) is 0.227. The first-order valence-corrected chi connectivity index (χ1v) is 11.4. The van der Waals surface area contributed by atoms with Gasteiger partial charge in [0.1, 0.15) is 0 Å². The zero-order valence-electron chi connectivity index (χ0n) is 19.0. The van der Waals surface area contributed by atoms with Crippen LogP contribution in [0.4, 0.5) is 5.69 Å². The van der Waals surface area contributed by atoms with E-state index in [1.54, 1.807) is 12.1 Å². The number of nitrogens with one attached hydrogen (secondary N) is 1. The predicted molar refractivity (Wildman–Crippen MR) is 129 cm³/mol. The molecule has 9 nitrogen and oxygen atoms in total. The molecule has 0 atom stereocenters. The van der Waals surface area contributed by atoms with Gasteiger partial charge in [-0.15, -0.1) is 10.2 Å². The topological polar surface area (TPSA) is 115 Å². The van der Waals surface area contributed by atoms with E-state index in [0.29, 0.717) is 17.3 Å². The molecule has 0 fully saturated rings. The molecule has 1 heterocycles. The average molecular weight is 467 g/mol. The second-order valence-electron chi connectivity index (χ2n) is 8.31. The lowest BCUT2D eigenvalue weighted by Crippen LogP contribution is -2.20. The molecular formula is C23H26N6O3S. The van der Waals surface area contributed by atoms with Crippen molar-refractivity contribution in [1.82, 2.24) is 20.2 Å². The van der Waals surface area contributed by atoms with Gasteiger partial charge in [-0.2, -0.15) is 5.10 Å². The SMILES string of the molecule is CCn1c(SCC(=O)NN=Cc2ccc([N+](=O)[O-])cc2)nnc1-c1ccc(C(C)(C)C)cc1. The van der Waals surface area contributed by atoms with Gasteiger partial charge in [-0.3, -0.25) is 14.9 Å². The number of non-ortho nitro benzene ring substituents is 1.